The van der Waals surface area contributed by atoms with Crippen LogP contribution in [0.3, 0.4) is 0 Å². The van der Waals surface area contributed by atoms with Gasteiger partial charge < -0.3 is 14.2 Å². The zero-order valence-corrected chi connectivity index (χ0v) is 15.3. The lowest BCUT2D eigenvalue weighted by Gasteiger charge is -2.17. The number of rotatable bonds is 4. The first-order valence-electron chi connectivity index (χ1n) is 8.33. The normalized spacial score (nSPS) is 14.1. The van der Waals surface area contributed by atoms with E-state index in [0.29, 0.717) is 35.6 Å². The Morgan fingerprint density at radius 3 is 2.62 bits per heavy atom. The highest BCUT2D eigenvalue weighted by Gasteiger charge is 2.19. The Hall–Kier alpha value is -2.80. The first-order chi connectivity index (χ1) is 12.6. The summed E-state index contributed by atoms with van der Waals surface area (Å²) in [4.78, 5) is 16.9. The quantitative estimate of drug-likeness (QED) is 0.757. The van der Waals surface area contributed by atoms with Crippen molar-refractivity contribution in [2.75, 3.05) is 18.5 Å². The molecule has 0 radical (unpaired) electrons. The fourth-order valence-electron chi connectivity index (χ4n) is 2.60. The third kappa shape index (κ3) is 3.43. The minimum atomic E-state index is -0.635. The summed E-state index contributed by atoms with van der Waals surface area (Å²) in [6.07, 6.45) is -0.635. The van der Waals surface area contributed by atoms with Gasteiger partial charge in [-0.2, -0.15) is 0 Å². The van der Waals surface area contributed by atoms with Gasteiger partial charge in [0.15, 0.2) is 22.7 Å². The van der Waals surface area contributed by atoms with E-state index < -0.39 is 6.10 Å². The van der Waals surface area contributed by atoms with Crippen molar-refractivity contribution in [1.29, 1.82) is 0 Å². The molecule has 1 unspecified atom stereocenters. The largest absolute Gasteiger partial charge is 0.486 e. The highest BCUT2D eigenvalue weighted by molar-refractivity contribution is 7.22. The van der Waals surface area contributed by atoms with E-state index in [-0.39, 0.29) is 5.91 Å². The number of benzene rings is 2. The van der Waals surface area contributed by atoms with E-state index in [4.69, 9.17) is 14.2 Å². The molecule has 1 aliphatic heterocycles. The number of nitrogens with zero attached hydrogens (tertiary/aromatic N) is 1. The number of hydrogen-bond donors (Lipinski definition) is 1. The van der Waals surface area contributed by atoms with Gasteiger partial charge in [-0.25, -0.2) is 4.98 Å². The van der Waals surface area contributed by atoms with E-state index >= 15 is 0 Å². The van der Waals surface area contributed by atoms with Crippen molar-refractivity contribution in [2.24, 2.45) is 0 Å². The summed E-state index contributed by atoms with van der Waals surface area (Å²) in [5, 5.41) is 3.34. The van der Waals surface area contributed by atoms with Crippen LogP contribution in [0.2, 0.25) is 0 Å². The fraction of sp³-hybridized carbons (Fsp3) is 0.263. The first kappa shape index (κ1) is 16.7. The van der Waals surface area contributed by atoms with Crippen LogP contribution in [-0.2, 0) is 4.79 Å². The smallest absolute Gasteiger partial charge is 0.266 e. The van der Waals surface area contributed by atoms with Crippen LogP contribution < -0.4 is 19.5 Å². The Balaban J connectivity index is 1.47. The second-order valence-corrected chi connectivity index (χ2v) is 7.08. The van der Waals surface area contributed by atoms with Gasteiger partial charge in [0.05, 0.1) is 10.2 Å². The number of fused-ring (bicyclic) bond motifs is 2. The lowest BCUT2D eigenvalue weighted by atomic mass is 10.2. The molecule has 4 rings (SSSR count). The van der Waals surface area contributed by atoms with E-state index in [9.17, 15) is 4.79 Å². The molecule has 2 aromatic carbocycles. The Morgan fingerprint density at radius 2 is 1.88 bits per heavy atom. The summed E-state index contributed by atoms with van der Waals surface area (Å²) in [6.45, 7) is 4.78. The average molecular weight is 370 g/mol. The number of ether oxygens (including phenoxy) is 3. The number of carbonyl (C=O) groups is 1. The highest BCUT2D eigenvalue weighted by Crippen LogP contribution is 2.37. The summed E-state index contributed by atoms with van der Waals surface area (Å²) in [7, 11) is 0. The van der Waals surface area contributed by atoms with Crippen molar-refractivity contribution >= 4 is 32.6 Å². The molecule has 0 spiro atoms. The number of aromatic nitrogens is 1. The fourth-order valence-corrected chi connectivity index (χ4v) is 3.48. The molecule has 0 saturated carbocycles. The second-order valence-electron chi connectivity index (χ2n) is 6.04. The summed E-state index contributed by atoms with van der Waals surface area (Å²) in [6, 6.07) is 11.3. The van der Waals surface area contributed by atoms with Crippen molar-refractivity contribution in [3.8, 4) is 17.2 Å². The summed E-state index contributed by atoms with van der Waals surface area (Å²) >= 11 is 1.39. The van der Waals surface area contributed by atoms with Gasteiger partial charge in [-0.3, -0.25) is 10.1 Å². The number of nitrogens with one attached hydrogen (secondary N) is 1. The van der Waals surface area contributed by atoms with Crippen molar-refractivity contribution in [1.82, 2.24) is 4.98 Å². The molecule has 1 aliphatic rings. The predicted molar refractivity (Wildman–Crippen MR) is 101 cm³/mol. The average Bonchev–Trinajstić information content (AvgIpc) is 3.02. The first-order valence-corrected chi connectivity index (χ1v) is 9.14. The molecular weight excluding hydrogens is 352 g/mol. The number of carbonyl (C=O) groups excluding carboxylic acids is 1. The van der Waals surface area contributed by atoms with Gasteiger partial charge in [0.2, 0.25) is 0 Å². The monoisotopic (exact) mass is 370 g/mol. The molecule has 1 N–H and O–H groups in total. The Labute approximate surface area is 154 Å². The summed E-state index contributed by atoms with van der Waals surface area (Å²) in [5.74, 6) is 1.80. The molecule has 3 aromatic rings. The molecule has 7 heteroatoms. The summed E-state index contributed by atoms with van der Waals surface area (Å²) in [5.41, 5.74) is 1.90. The minimum absolute atomic E-state index is 0.248. The van der Waals surface area contributed by atoms with Crippen LogP contribution in [0.4, 0.5) is 5.13 Å². The van der Waals surface area contributed by atoms with Crippen molar-refractivity contribution in [3.63, 3.8) is 0 Å². The van der Waals surface area contributed by atoms with E-state index in [1.165, 1.54) is 11.3 Å². The molecule has 26 heavy (non-hydrogen) atoms. The van der Waals surface area contributed by atoms with Gasteiger partial charge in [0.25, 0.3) is 5.91 Å². The van der Waals surface area contributed by atoms with Crippen LogP contribution in [0.25, 0.3) is 10.2 Å². The molecule has 1 aromatic heterocycles. The molecule has 2 heterocycles. The number of anilines is 1. The maximum atomic E-state index is 12.4. The second kappa shape index (κ2) is 6.84. The number of hydrogen-bond acceptors (Lipinski definition) is 6. The standard InChI is InChI=1S/C19H18N2O4S/c1-11-3-5-13(6-4-11)25-12(2)18(22)21-19-20-14-9-15-16(10-17(14)26-19)24-8-7-23-15/h3-6,9-10,12H,7-8H2,1-2H3,(H,20,21,22). The van der Waals surface area contributed by atoms with Gasteiger partial charge in [0, 0.05) is 12.1 Å². The molecule has 0 bridgehead atoms. The summed E-state index contributed by atoms with van der Waals surface area (Å²) < 4.78 is 17.8. The van der Waals surface area contributed by atoms with E-state index in [2.05, 4.69) is 10.3 Å². The van der Waals surface area contributed by atoms with Gasteiger partial charge >= 0.3 is 0 Å². The molecule has 1 amide bonds. The molecule has 6 nitrogen and oxygen atoms in total. The van der Waals surface area contributed by atoms with E-state index in [1.807, 2.05) is 43.3 Å². The molecule has 1 atom stereocenters. The maximum absolute atomic E-state index is 12.4. The lowest BCUT2D eigenvalue weighted by Crippen LogP contribution is -2.30. The zero-order chi connectivity index (χ0) is 18.1. The Kier molecular flexibility index (Phi) is 4.38. The third-order valence-corrected chi connectivity index (χ3v) is 4.92. The third-order valence-electron chi connectivity index (χ3n) is 3.99. The predicted octanol–water partition coefficient (Wildman–Crippen LogP) is 3.78. The van der Waals surface area contributed by atoms with Gasteiger partial charge in [-0.1, -0.05) is 29.0 Å². The van der Waals surface area contributed by atoms with Crippen molar-refractivity contribution < 1.29 is 19.0 Å². The number of amides is 1. The van der Waals surface area contributed by atoms with Crippen LogP contribution in [0.1, 0.15) is 12.5 Å². The van der Waals surface area contributed by atoms with Crippen LogP contribution in [0, 0.1) is 6.92 Å². The highest BCUT2D eigenvalue weighted by atomic mass is 32.1. The zero-order valence-electron chi connectivity index (χ0n) is 14.4. The van der Waals surface area contributed by atoms with E-state index in [0.717, 1.165) is 15.8 Å². The maximum Gasteiger partial charge on any atom is 0.266 e. The topological polar surface area (TPSA) is 69.7 Å². The number of aryl methyl sites for hydroxylation is 1. The van der Waals surface area contributed by atoms with Gasteiger partial charge in [-0.15, -0.1) is 0 Å². The van der Waals surface area contributed by atoms with Crippen LogP contribution in [-0.4, -0.2) is 30.2 Å². The lowest BCUT2D eigenvalue weighted by molar-refractivity contribution is -0.122. The minimum Gasteiger partial charge on any atom is -0.486 e. The van der Waals surface area contributed by atoms with Crippen LogP contribution in [0.5, 0.6) is 17.2 Å². The van der Waals surface area contributed by atoms with Crippen molar-refractivity contribution in [3.05, 3.63) is 42.0 Å². The van der Waals surface area contributed by atoms with Gasteiger partial charge in [0.1, 0.15) is 19.0 Å². The van der Waals surface area contributed by atoms with Crippen LogP contribution in [0.15, 0.2) is 36.4 Å². The Bertz CT molecular complexity index is 909. The number of thiazole rings is 1. The Morgan fingerprint density at radius 1 is 1.19 bits per heavy atom. The van der Waals surface area contributed by atoms with Crippen molar-refractivity contribution in [2.45, 2.75) is 20.0 Å². The van der Waals surface area contributed by atoms with Crippen LogP contribution >= 0.6 is 11.3 Å². The molecule has 134 valence electrons. The molecule has 0 aliphatic carbocycles. The van der Waals surface area contributed by atoms with E-state index in [1.54, 1.807) is 6.92 Å². The van der Waals surface area contributed by atoms with Gasteiger partial charge in [-0.05, 0) is 26.0 Å². The molecule has 0 fully saturated rings. The molecular formula is C19H18N2O4S. The molecule has 0 saturated heterocycles. The SMILES string of the molecule is Cc1ccc(OC(C)C(=O)Nc2nc3cc4c(cc3s2)OCCO4)cc1.